The summed E-state index contributed by atoms with van der Waals surface area (Å²) in [5.41, 5.74) is 0. The van der Waals surface area contributed by atoms with E-state index in [1.807, 2.05) is 0 Å². The van der Waals surface area contributed by atoms with E-state index < -0.39 is 0 Å². The van der Waals surface area contributed by atoms with Crippen LogP contribution in [0.5, 0.6) is 0 Å². The van der Waals surface area contributed by atoms with Gasteiger partial charge in [-0.3, -0.25) is 9.59 Å². The molecule has 2 aliphatic rings. The number of carbonyl (C=O) groups is 2. The van der Waals surface area contributed by atoms with Gasteiger partial charge in [0.2, 0.25) is 0 Å². The zero-order chi connectivity index (χ0) is 13.0. The van der Waals surface area contributed by atoms with Crippen LogP contribution in [0.2, 0.25) is 0 Å². The van der Waals surface area contributed by atoms with Crippen LogP contribution in [-0.4, -0.2) is 47.8 Å². The third-order valence-electron chi connectivity index (χ3n) is 4.02. The van der Waals surface area contributed by atoms with Crippen LogP contribution in [0.25, 0.3) is 0 Å². The average molecular weight is 252 g/mol. The van der Waals surface area contributed by atoms with Gasteiger partial charge in [-0.2, -0.15) is 0 Å². The highest BCUT2D eigenvalue weighted by molar-refractivity contribution is 6.34. The Balaban J connectivity index is 1.92. The molecule has 2 rings (SSSR count). The maximum Gasteiger partial charge on any atom is 0.312 e. The van der Waals surface area contributed by atoms with Crippen molar-refractivity contribution in [2.45, 2.75) is 45.4 Å². The summed E-state index contributed by atoms with van der Waals surface area (Å²) in [6, 6.07) is 0. The van der Waals surface area contributed by atoms with Crippen molar-refractivity contribution in [1.82, 2.24) is 9.80 Å². The van der Waals surface area contributed by atoms with Gasteiger partial charge in [-0.25, -0.2) is 0 Å². The molecule has 2 fully saturated rings. The van der Waals surface area contributed by atoms with Crippen molar-refractivity contribution in [3.63, 3.8) is 0 Å². The van der Waals surface area contributed by atoms with Gasteiger partial charge in [0.05, 0.1) is 0 Å². The molecule has 0 bridgehead atoms. The summed E-state index contributed by atoms with van der Waals surface area (Å²) in [5, 5.41) is 0. The van der Waals surface area contributed by atoms with E-state index >= 15 is 0 Å². The molecule has 0 aromatic rings. The Bertz CT molecular complexity index is 297. The first-order valence-electron chi connectivity index (χ1n) is 7.26. The minimum atomic E-state index is -0.275. The van der Waals surface area contributed by atoms with Crippen molar-refractivity contribution in [1.29, 1.82) is 0 Å². The third kappa shape index (κ3) is 3.24. The van der Waals surface area contributed by atoms with E-state index in [-0.39, 0.29) is 11.8 Å². The lowest BCUT2D eigenvalue weighted by atomic mass is 10.0. The summed E-state index contributed by atoms with van der Waals surface area (Å²) in [6.07, 6.45) is 6.63. The number of likely N-dealkylation sites (tertiary alicyclic amines) is 2. The largest absolute Gasteiger partial charge is 0.334 e. The number of piperidine rings is 1. The van der Waals surface area contributed by atoms with Gasteiger partial charge in [0.25, 0.3) is 0 Å². The summed E-state index contributed by atoms with van der Waals surface area (Å²) < 4.78 is 0. The quantitative estimate of drug-likeness (QED) is 0.615. The second-order valence-corrected chi connectivity index (χ2v) is 5.70. The molecule has 0 aliphatic carbocycles. The molecular weight excluding hydrogens is 228 g/mol. The van der Waals surface area contributed by atoms with Crippen molar-refractivity contribution in [2.24, 2.45) is 5.92 Å². The standard InChI is InChI=1S/C14H24N2O2/c1-12-7-6-10-16(11-12)14(18)13(17)15-8-4-2-3-5-9-15/h12H,2-11H2,1H3. The molecule has 4 nitrogen and oxygen atoms in total. The molecule has 102 valence electrons. The van der Waals surface area contributed by atoms with Crippen LogP contribution >= 0.6 is 0 Å². The number of nitrogens with zero attached hydrogens (tertiary/aromatic N) is 2. The van der Waals surface area contributed by atoms with Crippen molar-refractivity contribution in [2.75, 3.05) is 26.2 Å². The highest BCUT2D eigenvalue weighted by Crippen LogP contribution is 2.17. The highest BCUT2D eigenvalue weighted by atomic mass is 16.2. The number of rotatable bonds is 0. The number of amides is 2. The number of carbonyl (C=O) groups excluding carboxylic acids is 2. The Hall–Kier alpha value is -1.06. The molecule has 0 N–H and O–H groups in total. The van der Waals surface area contributed by atoms with Gasteiger partial charge in [-0.15, -0.1) is 0 Å². The molecule has 2 amide bonds. The summed E-state index contributed by atoms with van der Waals surface area (Å²) in [7, 11) is 0. The molecular formula is C14H24N2O2. The van der Waals surface area contributed by atoms with Crippen LogP contribution in [0.15, 0.2) is 0 Å². The van der Waals surface area contributed by atoms with E-state index in [1.165, 1.54) is 19.3 Å². The van der Waals surface area contributed by atoms with Gasteiger partial charge in [-0.1, -0.05) is 19.8 Å². The highest BCUT2D eigenvalue weighted by Gasteiger charge is 2.29. The first kappa shape index (κ1) is 13.4. The third-order valence-corrected chi connectivity index (χ3v) is 4.02. The Morgan fingerprint density at radius 3 is 2.00 bits per heavy atom. The van der Waals surface area contributed by atoms with E-state index in [0.29, 0.717) is 5.92 Å². The zero-order valence-electron chi connectivity index (χ0n) is 11.4. The van der Waals surface area contributed by atoms with E-state index in [1.54, 1.807) is 9.80 Å². The monoisotopic (exact) mass is 252 g/mol. The lowest BCUT2D eigenvalue weighted by Gasteiger charge is -2.32. The molecule has 1 unspecified atom stereocenters. The first-order chi connectivity index (χ1) is 8.68. The minimum Gasteiger partial charge on any atom is -0.334 e. The molecule has 4 heteroatoms. The summed E-state index contributed by atoms with van der Waals surface area (Å²) in [6.45, 7) is 5.17. The normalized spacial score (nSPS) is 25.7. The fourth-order valence-electron chi connectivity index (χ4n) is 2.92. The van der Waals surface area contributed by atoms with Gasteiger partial charge in [0.1, 0.15) is 0 Å². The van der Waals surface area contributed by atoms with Crippen molar-refractivity contribution in [3.05, 3.63) is 0 Å². The molecule has 0 aromatic carbocycles. The lowest BCUT2D eigenvalue weighted by Crippen LogP contribution is -2.48. The maximum absolute atomic E-state index is 12.2. The number of hydrogen-bond donors (Lipinski definition) is 0. The molecule has 2 saturated heterocycles. The summed E-state index contributed by atoms with van der Waals surface area (Å²) in [5.74, 6) is -0.0194. The van der Waals surface area contributed by atoms with Gasteiger partial charge in [0.15, 0.2) is 0 Å². The van der Waals surface area contributed by atoms with Gasteiger partial charge >= 0.3 is 11.8 Å². The Kier molecular flexibility index (Phi) is 4.61. The fourth-order valence-corrected chi connectivity index (χ4v) is 2.92. The van der Waals surface area contributed by atoms with Crippen LogP contribution in [0.4, 0.5) is 0 Å². The fraction of sp³-hybridized carbons (Fsp3) is 0.857. The second-order valence-electron chi connectivity index (χ2n) is 5.70. The van der Waals surface area contributed by atoms with Crippen LogP contribution in [-0.2, 0) is 9.59 Å². The van der Waals surface area contributed by atoms with E-state index in [4.69, 9.17) is 0 Å². The smallest absolute Gasteiger partial charge is 0.312 e. The van der Waals surface area contributed by atoms with Crippen LogP contribution < -0.4 is 0 Å². The van der Waals surface area contributed by atoms with E-state index in [0.717, 1.165) is 45.4 Å². The minimum absolute atomic E-state index is 0.272. The van der Waals surface area contributed by atoms with Gasteiger partial charge < -0.3 is 9.80 Å². The van der Waals surface area contributed by atoms with Crippen LogP contribution in [0.1, 0.15) is 45.4 Å². The Labute approximate surface area is 109 Å². The van der Waals surface area contributed by atoms with E-state index in [2.05, 4.69) is 6.92 Å². The van der Waals surface area contributed by atoms with Crippen LogP contribution in [0, 0.1) is 5.92 Å². The van der Waals surface area contributed by atoms with Crippen molar-refractivity contribution >= 4 is 11.8 Å². The van der Waals surface area contributed by atoms with Gasteiger partial charge in [-0.05, 0) is 31.6 Å². The molecule has 0 aromatic heterocycles. The molecule has 1 atom stereocenters. The predicted octanol–water partition coefficient (Wildman–Crippen LogP) is 1.65. The molecule has 0 saturated carbocycles. The molecule has 2 aliphatic heterocycles. The maximum atomic E-state index is 12.2. The lowest BCUT2D eigenvalue weighted by molar-refractivity contribution is -0.152. The topological polar surface area (TPSA) is 40.6 Å². The van der Waals surface area contributed by atoms with Gasteiger partial charge in [0, 0.05) is 26.2 Å². The van der Waals surface area contributed by atoms with Crippen molar-refractivity contribution < 1.29 is 9.59 Å². The van der Waals surface area contributed by atoms with Crippen molar-refractivity contribution in [3.8, 4) is 0 Å². The average Bonchev–Trinajstić information content (AvgIpc) is 2.66. The molecule has 2 heterocycles. The summed E-state index contributed by atoms with van der Waals surface area (Å²) in [4.78, 5) is 27.9. The first-order valence-corrected chi connectivity index (χ1v) is 7.26. The predicted molar refractivity (Wildman–Crippen MR) is 70.0 cm³/mol. The van der Waals surface area contributed by atoms with E-state index in [9.17, 15) is 9.59 Å². The van der Waals surface area contributed by atoms with Crippen LogP contribution in [0.3, 0.4) is 0 Å². The summed E-state index contributed by atoms with van der Waals surface area (Å²) >= 11 is 0. The SMILES string of the molecule is CC1CCCN(C(=O)C(=O)N2CCCCCC2)C1. The molecule has 0 spiro atoms. The number of hydrogen-bond acceptors (Lipinski definition) is 2. The molecule has 0 radical (unpaired) electrons. The second kappa shape index (κ2) is 6.21. The Morgan fingerprint density at radius 2 is 1.39 bits per heavy atom. The molecule has 18 heavy (non-hydrogen) atoms. The Morgan fingerprint density at radius 1 is 0.833 bits per heavy atom. The zero-order valence-corrected chi connectivity index (χ0v) is 11.4.